The summed E-state index contributed by atoms with van der Waals surface area (Å²) in [6.07, 6.45) is 0.0612. The standard InChI is InChI=1S/C23H23N3O5/c1-25-19(14-21(28)26(2)23(25)30)24-20(27)15-31-22(29)13-18(16-9-5-3-6-10-16)17-11-7-4-8-12-17/h3-12,14,18H,13,15H2,1-2H3,(H,24,27). The molecule has 0 atom stereocenters. The number of anilines is 1. The smallest absolute Gasteiger partial charge is 0.332 e. The molecule has 1 N–H and O–H groups in total. The van der Waals surface area contributed by atoms with Gasteiger partial charge < -0.3 is 10.1 Å². The molecule has 31 heavy (non-hydrogen) atoms. The molecule has 0 saturated carbocycles. The Bertz CT molecular complexity index is 1140. The highest BCUT2D eigenvalue weighted by Gasteiger charge is 2.20. The third-order valence-electron chi connectivity index (χ3n) is 4.93. The third-order valence-corrected chi connectivity index (χ3v) is 4.93. The Morgan fingerprint density at radius 3 is 2.00 bits per heavy atom. The fourth-order valence-electron chi connectivity index (χ4n) is 3.20. The van der Waals surface area contributed by atoms with Crippen molar-refractivity contribution in [2.75, 3.05) is 11.9 Å². The van der Waals surface area contributed by atoms with Crippen LogP contribution in [0.4, 0.5) is 5.82 Å². The largest absolute Gasteiger partial charge is 0.456 e. The summed E-state index contributed by atoms with van der Waals surface area (Å²) in [6.45, 7) is -0.529. The minimum absolute atomic E-state index is 0.0283. The van der Waals surface area contributed by atoms with Crippen molar-refractivity contribution in [1.82, 2.24) is 9.13 Å². The van der Waals surface area contributed by atoms with Crippen LogP contribution < -0.4 is 16.6 Å². The molecule has 0 fully saturated rings. The number of benzene rings is 2. The Kier molecular flexibility index (Phi) is 6.81. The molecule has 8 nitrogen and oxygen atoms in total. The van der Waals surface area contributed by atoms with Crippen molar-refractivity contribution in [3.8, 4) is 0 Å². The number of carbonyl (C=O) groups is 2. The Morgan fingerprint density at radius 2 is 1.45 bits per heavy atom. The molecule has 0 spiro atoms. The molecule has 3 rings (SSSR count). The number of carbonyl (C=O) groups excluding carboxylic acids is 2. The second-order valence-electron chi connectivity index (χ2n) is 7.06. The van der Waals surface area contributed by atoms with Gasteiger partial charge in [-0.3, -0.25) is 23.5 Å². The first kappa shape index (κ1) is 21.8. The minimum atomic E-state index is -0.646. The first-order valence-corrected chi connectivity index (χ1v) is 9.69. The van der Waals surface area contributed by atoms with Crippen molar-refractivity contribution < 1.29 is 14.3 Å². The van der Waals surface area contributed by atoms with Gasteiger partial charge in [-0.25, -0.2) is 4.79 Å². The molecule has 8 heteroatoms. The molecule has 0 aliphatic rings. The lowest BCUT2D eigenvalue weighted by Gasteiger charge is -2.17. The molecular weight excluding hydrogens is 398 g/mol. The van der Waals surface area contributed by atoms with Crippen LogP contribution in [0.1, 0.15) is 23.5 Å². The van der Waals surface area contributed by atoms with Crippen LogP contribution in [0.3, 0.4) is 0 Å². The molecule has 1 amide bonds. The van der Waals surface area contributed by atoms with Gasteiger partial charge in [-0.15, -0.1) is 0 Å². The number of hydrogen-bond donors (Lipinski definition) is 1. The first-order chi connectivity index (χ1) is 14.9. The number of nitrogens with zero attached hydrogens (tertiary/aromatic N) is 2. The van der Waals surface area contributed by atoms with E-state index in [1.54, 1.807) is 0 Å². The Labute approximate surface area is 178 Å². The Morgan fingerprint density at radius 1 is 0.903 bits per heavy atom. The zero-order chi connectivity index (χ0) is 22.4. The van der Waals surface area contributed by atoms with Gasteiger partial charge in [0.15, 0.2) is 6.61 Å². The normalized spacial score (nSPS) is 10.7. The molecule has 0 radical (unpaired) electrons. The second kappa shape index (κ2) is 9.71. The van der Waals surface area contributed by atoms with Crippen molar-refractivity contribution in [3.05, 3.63) is 98.7 Å². The van der Waals surface area contributed by atoms with Crippen LogP contribution in [-0.2, 0) is 28.4 Å². The van der Waals surface area contributed by atoms with Crippen LogP contribution in [0.25, 0.3) is 0 Å². The molecular formula is C23H23N3O5. The molecule has 1 heterocycles. The van der Waals surface area contributed by atoms with E-state index in [1.165, 1.54) is 14.1 Å². The maximum absolute atomic E-state index is 12.5. The highest BCUT2D eigenvalue weighted by atomic mass is 16.5. The van der Waals surface area contributed by atoms with Gasteiger partial charge in [-0.1, -0.05) is 60.7 Å². The lowest BCUT2D eigenvalue weighted by Crippen LogP contribution is -2.38. The summed E-state index contributed by atoms with van der Waals surface area (Å²) in [6, 6.07) is 20.3. The van der Waals surface area contributed by atoms with Crippen molar-refractivity contribution in [2.45, 2.75) is 12.3 Å². The number of amides is 1. The predicted molar refractivity (Wildman–Crippen MR) is 116 cm³/mol. The topological polar surface area (TPSA) is 99.4 Å². The van der Waals surface area contributed by atoms with Crippen molar-refractivity contribution >= 4 is 17.7 Å². The number of hydrogen-bond acceptors (Lipinski definition) is 5. The maximum atomic E-state index is 12.5. The average molecular weight is 421 g/mol. The molecule has 1 aromatic heterocycles. The highest BCUT2D eigenvalue weighted by Crippen LogP contribution is 2.28. The fourth-order valence-corrected chi connectivity index (χ4v) is 3.20. The molecule has 0 aliphatic heterocycles. The lowest BCUT2D eigenvalue weighted by atomic mass is 9.89. The van der Waals surface area contributed by atoms with Crippen LogP contribution in [0.2, 0.25) is 0 Å². The summed E-state index contributed by atoms with van der Waals surface area (Å²) in [5.41, 5.74) is 0.799. The fraction of sp³-hybridized carbons (Fsp3) is 0.217. The van der Waals surface area contributed by atoms with E-state index in [1.807, 2.05) is 60.7 Å². The van der Waals surface area contributed by atoms with Crippen LogP contribution in [0.15, 0.2) is 76.3 Å². The molecule has 160 valence electrons. The molecule has 2 aromatic carbocycles. The molecule has 3 aromatic rings. The van der Waals surface area contributed by atoms with Crippen molar-refractivity contribution in [1.29, 1.82) is 0 Å². The summed E-state index contributed by atoms with van der Waals surface area (Å²) in [7, 11) is 2.77. The second-order valence-corrected chi connectivity index (χ2v) is 7.06. The van der Waals surface area contributed by atoms with Crippen molar-refractivity contribution in [2.24, 2.45) is 14.1 Å². The van der Waals surface area contributed by atoms with Crippen LogP contribution >= 0.6 is 0 Å². The van der Waals surface area contributed by atoms with Gasteiger partial charge in [0.25, 0.3) is 11.5 Å². The van der Waals surface area contributed by atoms with Gasteiger partial charge in [0, 0.05) is 26.1 Å². The van der Waals surface area contributed by atoms with E-state index in [0.717, 1.165) is 26.3 Å². The zero-order valence-electron chi connectivity index (χ0n) is 17.3. The minimum Gasteiger partial charge on any atom is -0.456 e. The summed E-state index contributed by atoms with van der Waals surface area (Å²) in [5.74, 6) is -1.37. The van der Waals surface area contributed by atoms with Crippen LogP contribution in [0, 0.1) is 0 Å². The van der Waals surface area contributed by atoms with Gasteiger partial charge in [0.05, 0.1) is 6.42 Å². The zero-order valence-corrected chi connectivity index (χ0v) is 17.3. The monoisotopic (exact) mass is 421 g/mol. The number of rotatable bonds is 7. The van der Waals surface area contributed by atoms with E-state index in [4.69, 9.17) is 4.74 Å². The maximum Gasteiger partial charge on any atom is 0.332 e. The number of esters is 1. The summed E-state index contributed by atoms with van der Waals surface area (Å²) < 4.78 is 7.20. The quantitative estimate of drug-likeness (QED) is 0.587. The van der Waals surface area contributed by atoms with Gasteiger partial charge in [-0.2, -0.15) is 0 Å². The average Bonchev–Trinajstić information content (AvgIpc) is 2.79. The molecule has 0 aliphatic carbocycles. The van der Waals surface area contributed by atoms with E-state index in [2.05, 4.69) is 5.32 Å². The molecule has 0 saturated heterocycles. The third kappa shape index (κ3) is 5.36. The first-order valence-electron chi connectivity index (χ1n) is 9.69. The van der Waals surface area contributed by atoms with E-state index in [-0.39, 0.29) is 18.2 Å². The van der Waals surface area contributed by atoms with E-state index >= 15 is 0 Å². The number of nitrogens with one attached hydrogen (secondary N) is 1. The molecule has 0 unspecified atom stereocenters. The summed E-state index contributed by atoms with van der Waals surface area (Å²) in [4.78, 5) is 48.4. The van der Waals surface area contributed by atoms with Crippen LogP contribution in [0.5, 0.6) is 0 Å². The van der Waals surface area contributed by atoms with Gasteiger partial charge >= 0.3 is 11.7 Å². The van der Waals surface area contributed by atoms with Crippen LogP contribution in [-0.4, -0.2) is 27.6 Å². The lowest BCUT2D eigenvalue weighted by molar-refractivity contribution is -0.147. The van der Waals surface area contributed by atoms with Gasteiger partial charge in [-0.05, 0) is 11.1 Å². The Balaban J connectivity index is 1.65. The Hall–Kier alpha value is -3.94. The number of ether oxygens (including phenoxy) is 1. The summed E-state index contributed by atoms with van der Waals surface area (Å²) in [5, 5.41) is 2.42. The van der Waals surface area contributed by atoms with Crippen molar-refractivity contribution in [3.63, 3.8) is 0 Å². The van der Waals surface area contributed by atoms with E-state index in [0.29, 0.717) is 0 Å². The highest BCUT2D eigenvalue weighted by molar-refractivity contribution is 5.92. The van der Waals surface area contributed by atoms with Gasteiger partial charge in [0.1, 0.15) is 5.82 Å². The summed E-state index contributed by atoms with van der Waals surface area (Å²) >= 11 is 0. The SMILES string of the molecule is Cn1c(NC(=O)COC(=O)CC(c2ccccc2)c2ccccc2)cc(=O)n(C)c1=O. The van der Waals surface area contributed by atoms with Gasteiger partial charge in [0.2, 0.25) is 0 Å². The van der Waals surface area contributed by atoms with E-state index < -0.39 is 29.7 Å². The number of aromatic nitrogens is 2. The molecule has 0 bridgehead atoms. The van der Waals surface area contributed by atoms with E-state index in [9.17, 15) is 19.2 Å². The predicted octanol–water partition coefficient (Wildman–Crippen LogP) is 1.79.